The van der Waals surface area contributed by atoms with Gasteiger partial charge in [0.05, 0.1) is 13.1 Å². The number of hydrogen-bond acceptors (Lipinski definition) is 1. The average molecular weight is 274 g/mol. The van der Waals surface area contributed by atoms with Crippen molar-refractivity contribution in [1.82, 2.24) is 9.47 Å². The van der Waals surface area contributed by atoms with Gasteiger partial charge in [0.2, 0.25) is 0 Å². The molecule has 1 aromatic carbocycles. The van der Waals surface area contributed by atoms with Crippen LogP contribution >= 0.6 is 0 Å². The predicted molar refractivity (Wildman–Crippen MR) is 88.8 cm³/mol. The number of nitrogens with zero attached hydrogens (tertiary/aromatic N) is 2. The Morgan fingerprint density at radius 1 is 1.10 bits per heavy atom. The van der Waals surface area contributed by atoms with Crippen LogP contribution in [0.2, 0.25) is 0 Å². The molecule has 0 bridgehead atoms. The molecule has 0 radical (unpaired) electrons. The summed E-state index contributed by atoms with van der Waals surface area (Å²) in [6.45, 7) is 3.17. The molecule has 2 heterocycles. The van der Waals surface area contributed by atoms with Crippen molar-refractivity contribution in [2.75, 3.05) is 19.6 Å². The number of aromatic nitrogens is 1. The molecule has 1 aliphatic heterocycles. The van der Waals surface area contributed by atoms with Gasteiger partial charge in [0.15, 0.2) is 0 Å². The normalized spacial score (nSPS) is 16.5. The molecule has 0 spiro atoms. The monoisotopic (exact) mass is 274 g/mol. The van der Waals surface area contributed by atoms with Crippen LogP contribution in [0, 0.1) is 24.7 Å². The average Bonchev–Trinajstić information content (AvgIpc) is 2.76. The van der Waals surface area contributed by atoms with Crippen molar-refractivity contribution in [3.63, 3.8) is 0 Å². The van der Waals surface area contributed by atoms with Crippen LogP contribution < -0.4 is 0 Å². The molecule has 0 N–H and O–H groups in total. The third-order valence-corrected chi connectivity index (χ3v) is 4.00. The Kier molecular flexibility index (Phi) is 3.82. The lowest BCUT2D eigenvalue weighted by Gasteiger charge is -2.20. The molecule has 0 fully saturated rings. The Morgan fingerprint density at radius 2 is 1.90 bits per heavy atom. The first-order valence-electron chi connectivity index (χ1n) is 7.21. The maximum Gasteiger partial charge on any atom is 0.0840 e. The number of benzene rings is 1. The van der Waals surface area contributed by atoms with Crippen molar-refractivity contribution in [2.45, 2.75) is 13.0 Å². The van der Waals surface area contributed by atoms with Gasteiger partial charge < -0.3 is 4.57 Å². The summed E-state index contributed by atoms with van der Waals surface area (Å²) in [5, 5.41) is 1.30. The van der Waals surface area contributed by atoms with Crippen LogP contribution in [-0.2, 0) is 13.0 Å². The SMILES string of the molecule is C#CCN1C/C=C\c2c(c3ccccc3n2CC#C)CC1. The zero-order chi connectivity index (χ0) is 14.7. The van der Waals surface area contributed by atoms with Crippen LogP contribution in [0.15, 0.2) is 30.3 Å². The van der Waals surface area contributed by atoms with Crippen molar-refractivity contribution in [1.29, 1.82) is 0 Å². The second-order valence-corrected chi connectivity index (χ2v) is 5.26. The highest BCUT2D eigenvalue weighted by Gasteiger charge is 2.16. The van der Waals surface area contributed by atoms with E-state index in [1.54, 1.807) is 0 Å². The fourth-order valence-electron chi connectivity index (χ4n) is 3.06. The Balaban J connectivity index is 2.11. The van der Waals surface area contributed by atoms with Crippen molar-refractivity contribution < 1.29 is 0 Å². The van der Waals surface area contributed by atoms with Crippen LogP contribution in [0.5, 0.6) is 0 Å². The van der Waals surface area contributed by atoms with E-state index in [0.717, 1.165) is 19.5 Å². The Hall–Kier alpha value is -2.42. The van der Waals surface area contributed by atoms with Crippen molar-refractivity contribution in [3.05, 3.63) is 41.6 Å². The van der Waals surface area contributed by atoms with E-state index in [0.29, 0.717) is 13.1 Å². The van der Waals surface area contributed by atoms with Gasteiger partial charge >= 0.3 is 0 Å². The fourth-order valence-corrected chi connectivity index (χ4v) is 3.06. The maximum atomic E-state index is 5.55. The first-order valence-corrected chi connectivity index (χ1v) is 7.21. The molecule has 2 nitrogen and oxygen atoms in total. The van der Waals surface area contributed by atoms with Crippen LogP contribution in [-0.4, -0.2) is 29.1 Å². The molecule has 1 aliphatic rings. The summed E-state index contributed by atoms with van der Waals surface area (Å²) >= 11 is 0. The summed E-state index contributed by atoms with van der Waals surface area (Å²) in [6, 6.07) is 8.48. The van der Waals surface area contributed by atoms with E-state index in [4.69, 9.17) is 12.8 Å². The Morgan fingerprint density at radius 3 is 2.71 bits per heavy atom. The lowest BCUT2D eigenvalue weighted by Crippen LogP contribution is -2.27. The Bertz CT molecular complexity index is 765. The number of rotatable bonds is 2. The first-order chi connectivity index (χ1) is 10.3. The number of fused-ring (bicyclic) bond motifs is 3. The van der Waals surface area contributed by atoms with Crippen LogP contribution in [0.4, 0.5) is 0 Å². The lowest BCUT2D eigenvalue weighted by atomic mass is 10.1. The van der Waals surface area contributed by atoms with Crippen molar-refractivity contribution >= 4 is 17.0 Å². The molecule has 2 heteroatoms. The number of hydrogen-bond donors (Lipinski definition) is 0. The largest absolute Gasteiger partial charge is 0.329 e. The van der Waals surface area contributed by atoms with Gasteiger partial charge in [-0.25, -0.2) is 0 Å². The van der Waals surface area contributed by atoms with E-state index in [-0.39, 0.29) is 0 Å². The maximum absolute atomic E-state index is 5.55. The van der Waals surface area contributed by atoms with Gasteiger partial charge in [-0.05, 0) is 24.1 Å². The van der Waals surface area contributed by atoms with Crippen LogP contribution in [0.3, 0.4) is 0 Å². The molecule has 1 aromatic heterocycles. The summed E-state index contributed by atoms with van der Waals surface area (Å²) in [7, 11) is 0. The summed E-state index contributed by atoms with van der Waals surface area (Å²) in [4.78, 5) is 2.28. The van der Waals surface area contributed by atoms with E-state index in [2.05, 4.69) is 57.7 Å². The lowest BCUT2D eigenvalue weighted by molar-refractivity contribution is 0.344. The molecule has 21 heavy (non-hydrogen) atoms. The fraction of sp³-hybridized carbons (Fsp3) is 0.263. The van der Waals surface area contributed by atoms with Crippen molar-refractivity contribution in [2.24, 2.45) is 0 Å². The van der Waals surface area contributed by atoms with E-state index >= 15 is 0 Å². The van der Waals surface area contributed by atoms with Crippen LogP contribution in [0.25, 0.3) is 17.0 Å². The molecule has 3 rings (SSSR count). The molecule has 0 atom stereocenters. The first kappa shape index (κ1) is 13.6. The van der Waals surface area contributed by atoms with E-state index in [1.165, 1.54) is 22.2 Å². The topological polar surface area (TPSA) is 8.17 Å². The zero-order valence-corrected chi connectivity index (χ0v) is 12.0. The van der Waals surface area contributed by atoms with E-state index in [9.17, 15) is 0 Å². The molecule has 0 aliphatic carbocycles. The second kappa shape index (κ2) is 5.92. The van der Waals surface area contributed by atoms with Gasteiger partial charge in [0.25, 0.3) is 0 Å². The van der Waals surface area contributed by atoms with Crippen molar-refractivity contribution in [3.8, 4) is 24.7 Å². The van der Waals surface area contributed by atoms with Gasteiger partial charge in [0, 0.05) is 29.7 Å². The molecular weight excluding hydrogens is 256 g/mol. The summed E-state index contributed by atoms with van der Waals surface area (Å²) in [5.74, 6) is 5.50. The highest BCUT2D eigenvalue weighted by atomic mass is 15.1. The van der Waals surface area contributed by atoms with E-state index in [1.807, 2.05) is 0 Å². The minimum Gasteiger partial charge on any atom is -0.329 e. The van der Waals surface area contributed by atoms with E-state index < -0.39 is 0 Å². The highest BCUT2D eigenvalue weighted by Crippen LogP contribution is 2.28. The number of para-hydroxylation sites is 1. The molecule has 104 valence electrons. The summed E-state index contributed by atoms with van der Waals surface area (Å²) < 4.78 is 2.23. The molecule has 0 unspecified atom stereocenters. The molecule has 0 saturated carbocycles. The number of terminal acetylenes is 2. The third kappa shape index (κ3) is 2.47. The predicted octanol–water partition coefficient (Wildman–Crippen LogP) is 2.78. The van der Waals surface area contributed by atoms with Crippen LogP contribution in [0.1, 0.15) is 11.3 Å². The van der Waals surface area contributed by atoms with Gasteiger partial charge in [-0.3, -0.25) is 4.90 Å². The molecule has 0 saturated heterocycles. The second-order valence-electron chi connectivity index (χ2n) is 5.26. The minimum atomic E-state index is 0.605. The zero-order valence-electron chi connectivity index (χ0n) is 12.0. The summed E-state index contributed by atoms with van der Waals surface area (Å²) in [6.07, 6.45) is 16.4. The quantitative estimate of drug-likeness (QED) is 0.765. The highest BCUT2D eigenvalue weighted by molar-refractivity contribution is 5.88. The Labute approximate surface area is 126 Å². The van der Waals surface area contributed by atoms with Gasteiger partial charge in [0.1, 0.15) is 0 Å². The van der Waals surface area contributed by atoms with Gasteiger partial charge in [-0.1, -0.05) is 36.1 Å². The standard InChI is InChI=1S/C19H18N2/c1-3-12-20-14-7-10-19-17(11-15-20)16-8-5-6-9-18(16)21(19)13-4-2/h1-2,5-10H,11-15H2/b10-7-. The third-order valence-electron chi connectivity index (χ3n) is 4.00. The molecule has 0 amide bonds. The molecular formula is C19H18N2. The summed E-state index contributed by atoms with van der Waals surface area (Å²) in [5.41, 5.74) is 3.84. The smallest absolute Gasteiger partial charge is 0.0840 e. The molecule has 2 aromatic rings. The minimum absolute atomic E-state index is 0.605. The van der Waals surface area contributed by atoms with Gasteiger partial charge in [-0.15, -0.1) is 12.8 Å². The van der Waals surface area contributed by atoms with Gasteiger partial charge in [-0.2, -0.15) is 0 Å².